The maximum absolute atomic E-state index is 12.6. The average molecular weight is 322 g/mol. The smallest absolute Gasteiger partial charge is 0.433 e. The summed E-state index contributed by atoms with van der Waals surface area (Å²) in [6.07, 6.45) is -4.66. The van der Waals surface area contributed by atoms with E-state index >= 15 is 0 Å². The van der Waals surface area contributed by atoms with Crippen LogP contribution in [0.2, 0.25) is 0 Å². The molecule has 0 fully saturated rings. The summed E-state index contributed by atoms with van der Waals surface area (Å²) in [5, 5.41) is -0.583. The lowest BCUT2D eigenvalue weighted by atomic mass is 10.2. The molecule has 0 saturated carbocycles. The maximum atomic E-state index is 12.6. The molecule has 116 valence electrons. The minimum atomic E-state index is -4.63. The van der Waals surface area contributed by atoms with Gasteiger partial charge in [-0.1, -0.05) is 6.92 Å². The molecule has 1 amide bonds. The average Bonchev–Trinajstić information content (AvgIpc) is 2.36. The van der Waals surface area contributed by atoms with Crippen molar-refractivity contribution in [1.29, 1.82) is 0 Å². The van der Waals surface area contributed by atoms with Gasteiger partial charge in [0.25, 0.3) is 5.91 Å². The van der Waals surface area contributed by atoms with Crippen molar-refractivity contribution in [2.45, 2.75) is 29.8 Å². The molecular weight excluding hydrogens is 309 g/mol. The van der Waals surface area contributed by atoms with E-state index in [4.69, 9.17) is 5.73 Å². The third-order valence-corrected chi connectivity index (χ3v) is 3.51. The molecule has 5 nitrogen and oxygen atoms in total. The zero-order chi connectivity index (χ0) is 16.2. The van der Waals surface area contributed by atoms with Crippen molar-refractivity contribution in [3.63, 3.8) is 0 Å². The van der Waals surface area contributed by atoms with Crippen molar-refractivity contribution in [3.05, 3.63) is 23.4 Å². The van der Waals surface area contributed by atoms with Gasteiger partial charge in [0.05, 0.1) is 19.1 Å². The van der Waals surface area contributed by atoms with Crippen molar-refractivity contribution < 1.29 is 27.5 Å². The Morgan fingerprint density at radius 1 is 1.43 bits per heavy atom. The molecule has 2 N–H and O–H groups in total. The van der Waals surface area contributed by atoms with Crippen molar-refractivity contribution in [2.75, 3.05) is 7.11 Å². The Labute approximate surface area is 123 Å². The van der Waals surface area contributed by atoms with Crippen LogP contribution in [0.25, 0.3) is 0 Å². The van der Waals surface area contributed by atoms with Crippen molar-refractivity contribution >= 4 is 23.6 Å². The highest BCUT2D eigenvalue weighted by molar-refractivity contribution is 7.99. The van der Waals surface area contributed by atoms with Gasteiger partial charge < -0.3 is 10.5 Å². The van der Waals surface area contributed by atoms with Crippen LogP contribution in [-0.2, 0) is 15.7 Å². The highest BCUT2D eigenvalue weighted by atomic mass is 32.2. The third kappa shape index (κ3) is 4.92. The molecule has 0 saturated heterocycles. The Bertz CT molecular complexity index is 549. The van der Waals surface area contributed by atoms with Crippen LogP contribution in [0.5, 0.6) is 0 Å². The molecule has 21 heavy (non-hydrogen) atoms. The number of alkyl halides is 3. The Morgan fingerprint density at radius 3 is 2.52 bits per heavy atom. The largest absolute Gasteiger partial charge is 0.469 e. The molecule has 0 aromatic carbocycles. The second-order valence-corrected chi connectivity index (χ2v) is 5.55. The van der Waals surface area contributed by atoms with E-state index in [2.05, 4.69) is 9.72 Å². The van der Waals surface area contributed by atoms with Crippen LogP contribution in [0.1, 0.15) is 29.4 Å². The molecule has 1 aromatic rings. The Morgan fingerprint density at radius 2 is 2.05 bits per heavy atom. The highest BCUT2D eigenvalue weighted by Gasteiger charge is 2.33. The number of hydrogen-bond acceptors (Lipinski definition) is 5. The summed E-state index contributed by atoms with van der Waals surface area (Å²) in [6, 6.07) is 1.67. The number of nitrogens with two attached hydrogens (primary N) is 1. The highest BCUT2D eigenvalue weighted by Crippen LogP contribution is 2.32. The molecule has 0 radical (unpaired) electrons. The maximum Gasteiger partial charge on any atom is 0.433 e. The van der Waals surface area contributed by atoms with E-state index in [1.54, 1.807) is 6.92 Å². The number of esters is 1. The number of aromatic nitrogens is 1. The number of pyridine rings is 1. The van der Waals surface area contributed by atoms with Gasteiger partial charge in [-0.05, 0) is 12.1 Å². The van der Waals surface area contributed by atoms with Crippen LogP contribution in [-0.4, -0.2) is 29.2 Å². The van der Waals surface area contributed by atoms with Gasteiger partial charge in [-0.3, -0.25) is 9.59 Å². The standard InChI is InChI=1S/C12H13F3N2O3S/c1-6(5-9(18)20-2)21-11-7(10(16)19)3-4-8(17-11)12(13,14)15/h3-4,6H,5H2,1-2H3,(H2,16,19). The van der Waals surface area contributed by atoms with Crippen LogP contribution in [0.3, 0.4) is 0 Å². The molecule has 0 aliphatic rings. The fourth-order valence-corrected chi connectivity index (χ4v) is 2.47. The molecular formula is C12H13F3N2O3S. The van der Waals surface area contributed by atoms with Crippen LogP contribution in [0.4, 0.5) is 13.2 Å². The van der Waals surface area contributed by atoms with Crippen molar-refractivity contribution in [3.8, 4) is 0 Å². The van der Waals surface area contributed by atoms with E-state index in [9.17, 15) is 22.8 Å². The number of methoxy groups -OCH3 is 1. The number of thioether (sulfide) groups is 1. The van der Waals surface area contributed by atoms with Crippen LogP contribution < -0.4 is 5.73 Å². The summed E-state index contributed by atoms with van der Waals surface area (Å²) in [5.41, 5.74) is 3.87. The number of hydrogen-bond donors (Lipinski definition) is 1. The summed E-state index contributed by atoms with van der Waals surface area (Å²) in [6.45, 7) is 1.61. The fourth-order valence-electron chi connectivity index (χ4n) is 1.43. The summed E-state index contributed by atoms with van der Waals surface area (Å²) < 4.78 is 42.4. The first-order chi connectivity index (χ1) is 9.65. The van der Waals surface area contributed by atoms with E-state index in [1.165, 1.54) is 7.11 Å². The summed E-state index contributed by atoms with van der Waals surface area (Å²) in [4.78, 5) is 25.8. The molecule has 1 aromatic heterocycles. The first kappa shape index (κ1) is 17.3. The Kier molecular flexibility index (Phi) is 5.59. The molecule has 0 aliphatic carbocycles. The molecule has 0 bridgehead atoms. The second kappa shape index (κ2) is 6.79. The summed E-state index contributed by atoms with van der Waals surface area (Å²) in [5.74, 6) is -1.40. The quantitative estimate of drug-likeness (QED) is 0.664. The monoisotopic (exact) mass is 322 g/mol. The van der Waals surface area contributed by atoms with E-state index in [-0.39, 0.29) is 17.0 Å². The normalized spacial score (nSPS) is 12.8. The van der Waals surface area contributed by atoms with Gasteiger partial charge in [-0.2, -0.15) is 13.2 Å². The molecule has 1 rings (SSSR count). The van der Waals surface area contributed by atoms with Crippen LogP contribution in [0.15, 0.2) is 17.2 Å². The van der Waals surface area contributed by atoms with Gasteiger partial charge in [0.2, 0.25) is 0 Å². The van der Waals surface area contributed by atoms with Gasteiger partial charge in [0.1, 0.15) is 10.7 Å². The predicted octanol–water partition coefficient (Wildman–Crippen LogP) is 2.24. The number of halogens is 3. The Balaban J connectivity index is 3.07. The van der Waals surface area contributed by atoms with E-state index in [0.29, 0.717) is 6.07 Å². The SMILES string of the molecule is COC(=O)CC(C)Sc1nc(C(F)(F)F)ccc1C(N)=O. The number of primary amides is 1. The molecule has 1 heterocycles. The number of nitrogens with zero attached hydrogens (tertiary/aromatic N) is 1. The molecule has 0 spiro atoms. The van der Waals surface area contributed by atoms with Gasteiger partial charge in [0, 0.05) is 5.25 Å². The third-order valence-electron chi connectivity index (χ3n) is 2.41. The van der Waals surface area contributed by atoms with Crippen molar-refractivity contribution in [2.24, 2.45) is 5.73 Å². The van der Waals surface area contributed by atoms with Gasteiger partial charge in [0.15, 0.2) is 0 Å². The van der Waals surface area contributed by atoms with E-state index < -0.39 is 29.0 Å². The summed E-state index contributed by atoms with van der Waals surface area (Å²) in [7, 11) is 1.21. The molecule has 9 heteroatoms. The minimum Gasteiger partial charge on any atom is -0.469 e. The van der Waals surface area contributed by atoms with Crippen molar-refractivity contribution in [1.82, 2.24) is 4.98 Å². The Hall–Kier alpha value is -1.77. The van der Waals surface area contributed by atoms with Gasteiger partial charge >= 0.3 is 12.1 Å². The minimum absolute atomic E-state index is 0.0305. The number of ether oxygens (including phenoxy) is 1. The number of carbonyl (C=O) groups excluding carboxylic acids is 2. The lowest BCUT2D eigenvalue weighted by Crippen LogP contribution is -2.17. The molecule has 1 atom stereocenters. The fraction of sp³-hybridized carbons (Fsp3) is 0.417. The first-order valence-corrected chi connectivity index (χ1v) is 6.64. The lowest BCUT2D eigenvalue weighted by molar-refractivity contribution is -0.142. The zero-order valence-corrected chi connectivity index (χ0v) is 12.0. The second-order valence-electron chi connectivity index (χ2n) is 4.12. The molecule has 0 aliphatic heterocycles. The van der Waals surface area contributed by atoms with Crippen LogP contribution >= 0.6 is 11.8 Å². The first-order valence-electron chi connectivity index (χ1n) is 5.76. The number of rotatable bonds is 5. The van der Waals surface area contributed by atoms with E-state index in [1.807, 2.05) is 0 Å². The number of amides is 1. The van der Waals surface area contributed by atoms with E-state index in [0.717, 1.165) is 17.8 Å². The van der Waals surface area contributed by atoms with Gasteiger partial charge in [-0.25, -0.2) is 4.98 Å². The van der Waals surface area contributed by atoms with Crippen LogP contribution in [0, 0.1) is 0 Å². The predicted molar refractivity (Wildman–Crippen MR) is 69.7 cm³/mol. The lowest BCUT2D eigenvalue weighted by Gasteiger charge is -2.13. The summed E-state index contributed by atoms with van der Waals surface area (Å²) >= 11 is 0.860. The molecule has 1 unspecified atom stereocenters. The van der Waals surface area contributed by atoms with Gasteiger partial charge in [-0.15, -0.1) is 11.8 Å². The topological polar surface area (TPSA) is 82.3 Å². The number of carbonyl (C=O) groups is 2. The zero-order valence-electron chi connectivity index (χ0n) is 11.2.